The number of aryl methyl sites for hydroxylation is 3. The van der Waals surface area contributed by atoms with Crippen molar-refractivity contribution in [1.82, 2.24) is 9.80 Å². The van der Waals surface area contributed by atoms with Gasteiger partial charge in [0.1, 0.15) is 0 Å². The molecule has 1 aliphatic rings. The summed E-state index contributed by atoms with van der Waals surface area (Å²) >= 11 is 0. The predicted octanol–water partition coefficient (Wildman–Crippen LogP) is 2.31. The molecule has 0 spiro atoms. The van der Waals surface area contributed by atoms with Crippen molar-refractivity contribution in [2.24, 2.45) is 0 Å². The molecule has 0 saturated carbocycles. The number of carbonyl (C=O) groups is 2. The molecule has 0 bridgehead atoms. The van der Waals surface area contributed by atoms with Crippen LogP contribution in [0.25, 0.3) is 0 Å². The van der Waals surface area contributed by atoms with Crippen molar-refractivity contribution in [2.45, 2.75) is 34.1 Å². The van der Waals surface area contributed by atoms with Gasteiger partial charge in [-0.05, 0) is 43.5 Å². The zero-order chi connectivity index (χ0) is 15.6. The van der Waals surface area contributed by atoms with Gasteiger partial charge >= 0.3 is 0 Å². The highest BCUT2D eigenvalue weighted by molar-refractivity contribution is 5.96. The van der Waals surface area contributed by atoms with Crippen LogP contribution < -0.4 is 0 Å². The van der Waals surface area contributed by atoms with Crippen LogP contribution in [0.1, 0.15) is 40.4 Å². The maximum Gasteiger partial charge on any atom is 0.254 e. The third kappa shape index (κ3) is 3.26. The van der Waals surface area contributed by atoms with E-state index in [0.717, 1.165) is 16.7 Å². The summed E-state index contributed by atoms with van der Waals surface area (Å²) in [6, 6.07) is 4.05. The summed E-state index contributed by atoms with van der Waals surface area (Å²) in [6.45, 7) is 10.5. The van der Waals surface area contributed by atoms with E-state index in [0.29, 0.717) is 32.6 Å². The summed E-state index contributed by atoms with van der Waals surface area (Å²) in [6.07, 6.45) is 0.532. The number of piperazine rings is 1. The van der Waals surface area contributed by atoms with Crippen LogP contribution in [0.5, 0.6) is 0 Å². The van der Waals surface area contributed by atoms with E-state index in [1.807, 2.05) is 36.6 Å². The average Bonchev–Trinajstić information content (AvgIpc) is 2.49. The first-order valence-corrected chi connectivity index (χ1v) is 7.59. The molecule has 0 aliphatic carbocycles. The van der Waals surface area contributed by atoms with Crippen LogP contribution in [0.15, 0.2) is 12.1 Å². The lowest BCUT2D eigenvalue weighted by Crippen LogP contribution is -2.50. The molecule has 2 rings (SSSR count). The highest BCUT2D eigenvalue weighted by Gasteiger charge is 2.25. The molecule has 1 saturated heterocycles. The van der Waals surface area contributed by atoms with Gasteiger partial charge in [0.15, 0.2) is 0 Å². The van der Waals surface area contributed by atoms with Gasteiger partial charge in [0, 0.05) is 38.2 Å². The number of rotatable bonds is 2. The molecule has 2 amide bonds. The SMILES string of the molecule is CCC(=O)N1CCN(C(=O)c2cc(C)c(C)cc2C)CC1. The van der Waals surface area contributed by atoms with Gasteiger partial charge in [0.2, 0.25) is 5.91 Å². The second-order valence-electron chi connectivity index (χ2n) is 5.78. The quantitative estimate of drug-likeness (QED) is 0.838. The summed E-state index contributed by atoms with van der Waals surface area (Å²) in [5.41, 5.74) is 4.16. The third-order valence-corrected chi connectivity index (χ3v) is 4.29. The molecule has 114 valence electrons. The van der Waals surface area contributed by atoms with Gasteiger partial charge < -0.3 is 9.80 Å². The van der Waals surface area contributed by atoms with E-state index < -0.39 is 0 Å². The number of carbonyl (C=O) groups excluding carboxylic acids is 2. The Morgan fingerprint density at radius 2 is 1.43 bits per heavy atom. The van der Waals surface area contributed by atoms with Crippen molar-refractivity contribution in [3.05, 3.63) is 34.4 Å². The lowest BCUT2D eigenvalue weighted by atomic mass is 10.00. The first kappa shape index (κ1) is 15.5. The van der Waals surface area contributed by atoms with Crippen molar-refractivity contribution in [1.29, 1.82) is 0 Å². The highest BCUT2D eigenvalue weighted by atomic mass is 16.2. The van der Waals surface area contributed by atoms with Crippen LogP contribution in [-0.2, 0) is 4.79 Å². The maximum absolute atomic E-state index is 12.7. The van der Waals surface area contributed by atoms with Gasteiger partial charge in [-0.25, -0.2) is 0 Å². The second kappa shape index (κ2) is 6.29. The number of hydrogen-bond acceptors (Lipinski definition) is 2. The lowest BCUT2D eigenvalue weighted by Gasteiger charge is -2.35. The molecule has 0 unspecified atom stereocenters. The van der Waals surface area contributed by atoms with Crippen LogP contribution in [-0.4, -0.2) is 47.8 Å². The van der Waals surface area contributed by atoms with E-state index in [1.165, 1.54) is 5.56 Å². The Hall–Kier alpha value is -1.84. The zero-order valence-corrected chi connectivity index (χ0v) is 13.4. The van der Waals surface area contributed by atoms with Crippen molar-refractivity contribution < 1.29 is 9.59 Å². The Morgan fingerprint density at radius 1 is 0.905 bits per heavy atom. The lowest BCUT2D eigenvalue weighted by molar-refractivity contribution is -0.132. The smallest absolute Gasteiger partial charge is 0.254 e. The summed E-state index contributed by atoms with van der Waals surface area (Å²) in [7, 11) is 0. The van der Waals surface area contributed by atoms with E-state index in [4.69, 9.17) is 0 Å². The molecule has 21 heavy (non-hydrogen) atoms. The molecule has 0 N–H and O–H groups in total. The fourth-order valence-corrected chi connectivity index (χ4v) is 2.74. The van der Waals surface area contributed by atoms with Gasteiger partial charge in [-0.1, -0.05) is 13.0 Å². The van der Waals surface area contributed by atoms with Crippen LogP contribution in [0.2, 0.25) is 0 Å². The number of hydrogen-bond donors (Lipinski definition) is 0. The van der Waals surface area contributed by atoms with Gasteiger partial charge in [0.05, 0.1) is 0 Å². The molecular weight excluding hydrogens is 264 g/mol. The van der Waals surface area contributed by atoms with E-state index >= 15 is 0 Å². The van der Waals surface area contributed by atoms with Crippen molar-refractivity contribution >= 4 is 11.8 Å². The molecule has 1 fully saturated rings. The topological polar surface area (TPSA) is 40.6 Å². The molecule has 1 aromatic carbocycles. The molecule has 4 heteroatoms. The first-order chi connectivity index (χ1) is 9.93. The van der Waals surface area contributed by atoms with E-state index in [1.54, 1.807) is 0 Å². The third-order valence-electron chi connectivity index (χ3n) is 4.29. The molecule has 0 atom stereocenters. The monoisotopic (exact) mass is 288 g/mol. The van der Waals surface area contributed by atoms with Crippen LogP contribution in [0.4, 0.5) is 0 Å². The number of benzene rings is 1. The summed E-state index contributed by atoms with van der Waals surface area (Å²) in [4.78, 5) is 28.0. The van der Waals surface area contributed by atoms with E-state index in [9.17, 15) is 9.59 Å². The van der Waals surface area contributed by atoms with Gasteiger partial charge in [0.25, 0.3) is 5.91 Å². The highest BCUT2D eigenvalue weighted by Crippen LogP contribution is 2.18. The normalized spacial score (nSPS) is 15.2. The molecule has 4 nitrogen and oxygen atoms in total. The summed E-state index contributed by atoms with van der Waals surface area (Å²) < 4.78 is 0. The predicted molar refractivity (Wildman–Crippen MR) is 83.4 cm³/mol. The number of amides is 2. The van der Waals surface area contributed by atoms with Gasteiger partial charge in [-0.15, -0.1) is 0 Å². The van der Waals surface area contributed by atoms with Crippen LogP contribution >= 0.6 is 0 Å². The average molecular weight is 288 g/mol. The molecule has 1 heterocycles. The minimum Gasteiger partial charge on any atom is -0.339 e. The van der Waals surface area contributed by atoms with Gasteiger partial charge in [-0.2, -0.15) is 0 Å². The minimum absolute atomic E-state index is 0.0826. The Labute approximate surface area is 126 Å². The minimum atomic E-state index is 0.0826. The number of nitrogens with zero attached hydrogens (tertiary/aromatic N) is 2. The zero-order valence-electron chi connectivity index (χ0n) is 13.4. The Kier molecular flexibility index (Phi) is 4.66. The van der Waals surface area contributed by atoms with Crippen molar-refractivity contribution in [3.8, 4) is 0 Å². The Balaban J connectivity index is 2.09. The van der Waals surface area contributed by atoms with Crippen LogP contribution in [0, 0.1) is 20.8 Å². The second-order valence-corrected chi connectivity index (χ2v) is 5.78. The largest absolute Gasteiger partial charge is 0.339 e. The first-order valence-electron chi connectivity index (χ1n) is 7.59. The summed E-state index contributed by atoms with van der Waals surface area (Å²) in [5.74, 6) is 0.253. The fourth-order valence-electron chi connectivity index (χ4n) is 2.74. The molecular formula is C17H24N2O2. The van der Waals surface area contributed by atoms with Gasteiger partial charge in [-0.3, -0.25) is 9.59 Å². The Bertz CT molecular complexity index is 558. The molecule has 0 radical (unpaired) electrons. The standard InChI is InChI=1S/C17H24N2O2/c1-5-16(20)18-6-8-19(9-7-18)17(21)15-11-13(3)12(2)10-14(15)4/h10-11H,5-9H2,1-4H3. The molecule has 1 aromatic rings. The maximum atomic E-state index is 12.7. The van der Waals surface area contributed by atoms with Crippen molar-refractivity contribution in [2.75, 3.05) is 26.2 Å². The molecule has 0 aromatic heterocycles. The van der Waals surface area contributed by atoms with E-state index in [2.05, 4.69) is 13.0 Å². The van der Waals surface area contributed by atoms with Crippen molar-refractivity contribution in [3.63, 3.8) is 0 Å². The Morgan fingerprint density at radius 3 is 2.00 bits per heavy atom. The molecule has 1 aliphatic heterocycles. The van der Waals surface area contributed by atoms with Crippen LogP contribution in [0.3, 0.4) is 0 Å². The van der Waals surface area contributed by atoms with E-state index in [-0.39, 0.29) is 11.8 Å². The fraction of sp³-hybridized carbons (Fsp3) is 0.529. The summed E-state index contributed by atoms with van der Waals surface area (Å²) in [5, 5.41) is 0.